The maximum absolute atomic E-state index is 10.9. The van der Waals surface area contributed by atoms with Crippen LogP contribution in [0.15, 0.2) is 18.2 Å². The summed E-state index contributed by atoms with van der Waals surface area (Å²) in [5, 5.41) is 10.7. The molecule has 0 spiro atoms. The van der Waals surface area contributed by atoms with E-state index in [2.05, 4.69) is 4.90 Å². The van der Waals surface area contributed by atoms with Crippen LogP contribution in [0.5, 0.6) is 0 Å². The number of nitro benzene ring substituents is 1. The molecule has 2 rings (SSSR count). The molecule has 0 atom stereocenters. The number of nitro groups is 1. The van der Waals surface area contributed by atoms with Crippen molar-refractivity contribution in [3.63, 3.8) is 0 Å². The number of amides is 1. The number of carbonyl (C=O) groups is 1. The Morgan fingerprint density at radius 3 is 2.55 bits per heavy atom. The molecule has 20 heavy (non-hydrogen) atoms. The largest absolute Gasteiger partial charge is 0.393 e. The predicted octanol–water partition coefficient (Wildman–Crippen LogP) is 1.27. The van der Waals surface area contributed by atoms with Crippen LogP contribution in [0.25, 0.3) is 0 Å². The number of benzene rings is 1. The molecule has 7 heteroatoms. The zero-order valence-corrected chi connectivity index (χ0v) is 11.1. The van der Waals surface area contributed by atoms with Crippen molar-refractivity contribution in [1.29, 1.82) is 0 Å². The van der Waals surface area contributed by atoms with Gasteiger partial charge in [-0.05, 0) is 30.9 Å². The molecule has 1 saturated heterocycles. The van der Waals surface area contributed by atoms with Gasteiger partial charge < -0.3 is 16.4 Å². The fourth-order valence-electron chi connectivity index (χ4n) is 2.58. The van der Waals surface area contributed by atoms with Crippen molar-refractivity contribution in [3.8, 4) is 0 Å². The van der Waals surface area contributed by atoms with Crippen LogP contribution in [-0.4, -0.2) is 23.9 Å². The van der Waals surface area contributed by atoms with E-state index in [9.17, 15) is 14.9 Å². The normalized spacial score (nSPS) is 16.1. The van der Waals surface area contributed by atoms with Crippen LogP contribution in [0.1, 0.15) is 19.3 Å². The van der Waals surface area contributed by atoms with Crippen molar-refractivity contribution >= 4 is 23.0 Å². The molecule has 0 saturated carbocycles. The van der Waals surface area contributed by atoms with Crippen molar-refractivity contribution in [1.82, 2.24) is 0 Å². The molecule has 1 fully saturated rings. The Labute approximate surface area is 116 Å². The lowest BCUT2D eigenvalue weighted by Gasteiger charge is -2.33. The molecule has 1 aromatic carbocycles. The van der Waals surface area contributed by atoms with Crippen LogP contribution in [0, 0.1) is 16.0 Å². The Hall–Kier alpha value is -2.31. The molecule has 0 unspecified atom stereocenters. The Bertz CT molecular complexity index is 524. The lowest BCUT2D eigenvalue weighted by Crippen LogP contribution is -2.35. The average molecular weight is 278 g/mol. The zero-order valence-electron chi connectivity index (χ0n) is 11.1. The minimum absolute atomic E-state index is 0.0719. The molecular formula is C13H18N4O3. The lowest BCUT2D eigenvalue weighted by atomic mass is 9.93. The molecule has 1 aliphatic heterocycles. The summed E-state index contributed by atoms with van der Waals surface area (Å²) in [6.45, 7) is 1.60. The van der Waals surface area contributed by atoms with E-state index < -0.39 is 4.92 Å². The predicted molar refractivity (Wildman–Crippen MR) is 76.3 cm³/mol. The average Bonchev–Trinajstić information content (AvgIpc) is 2.38. The molecule has 0 aliphatic carbocycles. The van der Waals surface area contributed by atoms with Gasteiger partial charge in [-0.2, -0.15) is 0 Å². The fraction of sp³-hybridized carbons (Fsp3) is 0.462. The van der Waals surface area contributed by atoms with Crippen molar-refractivity contribution in [2.24, 2.45) is 11.7 Å². The van der Waals surface area contributed by atoms with Gasteiger partial charge in [-0.25, -0.2) is 0 Å². The standard InChI is InChI=1S/C13H18N4O3/c14-11-8-10(1-2-12(11)17(19)20)16-5-3-9(4-6-16)7-13(15)18/h1-2,8-9H,3-7,14H2,(H2,15,18). The maximum atomic E-state index is 10.9. The van der Waals surface area contributed by atoms with E-state index in [4.69, 9.17) is 11.5 Å². The van der Waals surface area contributed by atoms with Gasteiger partial charge in [0.25, 0.3) is 5.69 Å². The fourth-order valence-corrected chi connectivity index (χ4v) is 2.58. The van der Waals surface area contributed by atoms with Gasteiger partial charge in [0, 0.05) is 31.3 Å². The monoisotopic (exact) mass is 278 g/mol. The number of nitrogens with zero attached hydrogens (tertiary/aromatic N) is 2. The maximum Gasteiger partial charge on any atom is 0.292 e. The van der Waals surface area contributed by atoms with Crippen molar-refractivity contribution in [2.45, 2.75) is 19.3 Å². The summed E-state index contributed by atoms with van der Waals surface area (Å²) < 4.78 is 0. The van der Waals surface area contributed by atoms with E-state index in [-0.39, 0.29) is 17.3 Å². The molecule has 1 amide bonds. The van der Waals surface area contributed by atoms with E-state index in [1.807, 2.05) is 0 Å². The first-order valence-electron chi connectivity index (χ1n) is 6.54. The first-order valence-corrected chi connectivity index (χ1v) is 6.54. The minimum Gasteiger partial charge on any atom is -0.393 e. The highest BCUT2D eigenvalue weighted by molar-refractivity contribution is 5.74. The van der Waals surface area contributed by atoms with Gasteiger partial charge >= 0.3 is 0 Å². The second kappa shape index (κ2) is 5.77. The topological polar surface area (TPSA) is 115 Å². The number of anilines is 2. The van der Waals surface area contributed by atoms with Gasteiger partial charge in [0.1, 0.15) is 5.69 Å². The van der Waals surface area contributed by atoms with Crippen molar-refractivity contribution in [3.05, 3.63) is 28.3 Å². The Morgan fingerprint density at radius 1 is 1.40 bits per heavy atom. The van der Waals surface area contributed by atoms with Crippen LogP contribution < -0.4 is 16.4 Å². The van der Waals surface area contributed by atoms with Gasteiger partial charge in [0.15, 0.2) is 0 Å². The van der Waals surface area contributed by atoms with Gasteiger partial charge in [0.2, 0.25) is 5.91 Å². The summed E-state index contributed by atoms with van der Waals surface area (Å²) >= 11 is 0. The SMILES string of the molecule is NC(=O)CC1CCN(c2ccc([N+](=O)[O-])c(N)c2)CC1. The summed E-state index contributed by atoms with van der Waals surface area (Å²) in [4.78, 5) is 23.3. The van der Waals surface area contributed by atoms with Crippen LogP contribution in [0.4, 0.5) is 17.1 Å². The number of carbonyl (C=O) groups excluding carboxylic acids is 1. The Kier molecular flexibility index (Phi) is 4.07. The summed E-state index contributed by atoms with van der Waals surface area (Å²) in [6.07, 6.45) is 2.20. The third-order valence-electron chi connectivity index (χ3n) is 3.68. The van der Waals surface area contributed by atoms with Crippen LogP contribution in [0.3, 0.4) is 0 Å². The van der Waals surface area contributed by atoms with Gasteiger partial charge in [0.05, 0.1) is 4.92 Å². The number of primary amides is 1. The number of nitrogen functional groups attached to an aromatic ring is 1. The number of hydrogen-bond acceptors (Lipinski definition) is 5. The Balaban J connectivity index is 2.02. The highest BCUT2D eigenvalue weighted by Crippen LogP contribution is 2.30. The number of piperidine rings is 1. The molecule has 0 aromatic heterocycles. The number of nitrogens with two attached hydrogens (primary N) is 2. The van der Waals surface area contributed by atoms with Gasteiger partial charge in [-0.15, -0.1) is 0 Å². The van der Waals surface area contributed by atoms with Gasteiger partial charge in [-0.1, -0.05) is 0 Å². The third kappa shape index (κ3) is 3.17. The Morgan fingerprint density at radius 2 is 2.05 bits per heavy atom. The highest BCUT2D eigenvalue weighted by atomic mass is 16.6. The molecule has 1 aliphatic rings. The number of rotatable bonds is 4. The molecule has 1 heterocycles. The van der Waals surface area contributed by atoms with E-state index in [1.165, 1.54) is 6.07 Å². The van der Waals surface area contributed by atoms with Gasteiger partial charge in [-0.3, -0.25) is 14.9 Å². The summed E-state index contributed by atoms with van der Waals surface area (Å²) in [5.41, 5.74) is 11.9. The quantitative estimate of drug-likeness (QED) is 0.489. The van der Waals surface area contributed by atoms with Crippen molar-refractivity contribution in [2.75, 3.05) is 23.7 Å². The van der Waals surface area contributed by atoms with E-state index in [1.54, 1.807) is 12.1 Å². The summed E-state index contributed by atoms with van der Waals surface area (Å²) in [6, 6.07) is 4.77. The first kappa shape index (κ1) is 14.1. The van der Waals surface area contributed by atoms with E-state index >= 15 is 0 Å². The first-order chi connectivity index (χ1) is 9.47. The van der Waals surface area contributed by atoms with E-state index in [0.717, 1.165) is 31.6 Å². The highest BCUT2D eigenvalue weighted by Gasteiger charge is 2.22. The summed E-state index contributed by atoms with van der Waals surface area (Å²) in [7, 11) is 0. The molecule has 7 nitrogen and oxygen atoms in total. The lowest BCUT2D eigenvalue weighted by molar-refractivity contribution is -0.383. The van der Waals surface area contributed by atoms with Crippen LogP contribution in [0.2, 0.25) is 0 Å². The van der Waals surface area contributed by atoms with Crippen LogP contribution in [-0.2, 0) is 4.79 Å². The smallest absolute Gasteiger partial charge is 0.292 e. The zero-order chi connectivity index (χ0) is 14.7. The second-order valence-electron chi connectivity index (χ2n) is 5.10. The van der Waals surface area contributed by atoms with Crippen LogP contribution >= 0.6 is 0 Å². The van der Waals surface area contributed by atoms with Crippen molar-refractivity contribution < 1.29 is 9.72 Å². The molecular weight excluding hydrogens is 260 g/mol. The molecule has 1 aromatic rings. The molecule has 0 radical (unpaired) electrons. The third-order valence-corrected chi connectivity index (χ3v) is 3.68. The molecule has 108 valence electrons. The molecule has 0 bridgehead atoms. The minimum atomic E-state index is -0.488. The second-order valence-corrected chi connectivity index (χ2v) is 5.10. The van der Waals surface area contributed by atoms with E-state index in [0.29, 0.717) is 12.3 Å². The number of hydrogen-bond donors (Lipinski definition) is 2. The summed E-state index contributed by atoms with van der Waals surface area (Å²) in [5.74, 6) is 0.0715. The molecule has 4 N–H and O–H groups in total.